The quantitative estimate of drug-likeness (QED) is 0.661. The summed E-state index contributed by atoms with van der Waals surface area (Å²) in [6.07, 6.45) is 9.48. The summed E-state index contributed by atoms with van der Waals surface area (Å²) in [6.45, 7) is 5.87. The lowest BCUT2D eigenvalue weighted by Crippen LogP contribution is -1.75. The van der Waals surface area contributed by atoms with Crippen LogP contribution in [0.25, 0.3) is 0 Å². The molecular weight excluding hydrogens is 247 g/mol. The fourth-order valence-electron chi connectivity index (χ4n) is 1.09. The summed E-state index contributed by atoms with van der Waals surface area (Å²) in [4.78, 5) is 0. The maximum Gasteiger partial charge on any atom is -0.00884 e. The predicted molar refractivity (Wildman–Crippen MR) is 58.8 cm³/mol. The van der Waals surface area contributed by atoms with Crippen LogP contribution in [0.15, 0.2) is 45.6 Å². The van der Waals surface area contributed by atoms with Crippen molar-refractivity contribution in [3.63, 3.8) is 0 Å². The molecule has 0 aliphatic heterocycles. The number of halogens is 1. The molecule has 0 heterocycles. The van der Waals surface area contributed by atoms with Gasteiger partial charge >= 0.3 is 0 Å². The zero-order valence-corrected chi connectivity index (χ0v) is 8.76. The van der Waals surface area contributed by atoms with Crippen LogP contribution in [0.1, 0.15) is 13.3 Å². The Balaban J connectivity index is 2.91. The van der Waals surface area contributed by atoms with Crippen molar-refractivity contribution in [2.24, 2.45) is 0 Å². The monoisotopic (exact) mass is 258 g/mol. The number of allylic oxidation sites excluding steroid dienone is 7. The van der Waals surface area contributed by atoms with E-state index in [9.17, 15) is 0 Å². The van der Waals surface area contributed by atoms with Crippen molar-refractivity contribution < 1.29 is 0 Å². The van der Waals surface area contributed by atoms with Crippen LogP contribution in [-0.4, -0.2) is 0 Å². The van der Waals surface area contributed by atoms with Crippen LogP contribution in [0, 0.1) is 0 Å². The van der Waals surface area contributed by atoms with Crippen molar-refractivity contribution in [1.29, 1.82) is 0 Å². The Hall–Kier alpha value is -0.310. The summed E-state index contributed by atoms with van der Waals surface area (Å²) in [6, 6.07) is 0. The molecule has 0 bridgehead atoms. The van der Waals surface area contributed by atoms with E-state index < -0.39 is 0 Å². The molecule has 0 aromatic carbocycles. The van der Waals surface area contributed by atoms with E-state index in [1.54, 1.807) is 0 Å². The molecule has 11 heavy (non-hydrogen) atoms. The minimum absolute atomic E-state index is 1.04. The van der Waals surface area contributed by atoms with E-state index in [0.717, 1.165) is 6.42 Å². The first kappa shape index (κ1) is 8.78. The first-order valence-corrected chi connectivity index (χ1v) is 4.68. The largest absolute Gasteiger partial charge is 0.0988 e. The van der Waals surface area contributed by atoms with E-state index in [0.29, 0.717) is 0 Å². The van der Waals surface area contributed by atoms with E-state index in [1.807, 2.05) is 6.08 Å². The Labute approximate surface area is 81.5 Å². The van der Waals surface area contributed by atoms with Gasteiger partial charge in [-0.25, -0.2) is 0 Å². The van der Waals surface area contributed by atoms with Crippen LogP contribution in [0.4, 0.5) is 0 Å². The summed E-state index contributed by atoms with van der Waals surface area (Å²) in [7, 11) is 0. The molecular formula is C10H11I. The Bertz CT molecular complexity index is 250. The Kier molecular flexibility index (Phi) is 3.12. The van der Waals surface area contributed by atoms with Crippen molar-refractivity contribution in [2.45, 2.75) is 13.3 Å². The van der Waals surface area contributed by atoms with Gasteiger partial charge in [0.05, 0.1) is 0 Å². The van der Waals surface area contributed by atoms with Gasteiger partial charge in [-0.1, -0.05) is 24.8 Å². The van der Waals surface area contributed by atoms with Crippen LogP contribution in [0.2, 0.25) is 0 Å². The molecule has 0 radical (unpaired) electrons. The number of hydrogen-bond donors (Lipinski definition) is 0. The fourth-order valence-corrected chi connectivity index (χ4v) is 1.43. The highest BCUT2D eigenvalue weighted by molar-refractivity contribution is 14.1. The van der Waals surface area contributed by atoms with Gasteiger partial charge in [0, 0.05) is 0 Å². The highest BCUT2D eigenvalue weighted by atomic mass is 127. The molecule has 58 valence electrons. The second-order valence-electron chi connectivity index (χ2n) is 2.52. The van der Waals surface area contributed by atoms with Crippen molar-refractivity contribution in [3.05, 3.63) is 45.6 Å². The van der Waals surface area contributed by atoms with Gasteiger partial charge in [-0.15, -0.1) is 0 Å². The highest BCUT2D eigenvalue weighted by Gasteiger charge is 2.02. The van der Waals surface area contributed by atoms with Gasteiger partial charge in [-0.3, -0.25) is 0 Å². The SMILES string of the molecule is C=CC1=C(/C=C(\C)I)C=CC1. The Morgan fingerprint density at radius 3 is 3.00 bits per heavy atom. The fraction of sp³-hybridized carbons (Fsp3) is 0.200. The first-order chi connectivity index (χ1) is 5.24. The normalized spacial score (nSPS) is 17.8. The molecule has 0 spiro atoms. The molecule has 1 heteroatoms. The Morgan fingerprint density at radius 2 is 2.45 bits per heavy atom. The van der Waals surface area contributed by atoms with Gasteiger partial charge in [0.15, 0.2) is 0 Å². The van der Waals surface area contributed by atoms with Gasteiger partial charge in [-0.2, -0.15) is 0 Å². The summed E-state index contributed by atoms with van der Waals surface area (Å²) < 4.78 is 1.31. The third kappa shape index (κ3) is 2.33. The lowest BCUT2D eigenvalue weighted by Gasteiger charge is -1.95. The Morgan fingerprint density at radius 1 is 1.73 bits per heavy atom. The molecule has 0 amide bonds. The van der Waals surface area contributed by atoms with Crippen LogP contribution < -0.4 is 0 Å². The summed E-state index contributed by atoms with van der Waals surface area (Å²) >= 11 is 2.32. The minimum Gasteiger partial charge on any atom is -0.0988 e. The zero-order chi connectivity index (χ0) is 8.27. The van der Waals surface area contributed by atoms with Crippen LogP contribution in [0.5, 0.6) is 0 Å². The molecule has 1 aliphatic carbocycles. The van der Waals surface area contributed by atoms with Crippen molar-refractivity contribution in [3.8, 4) is 0 Å². The van der Waals surface area contributed by atoms with Crippen LogP contribution in [-0.2, 0) is 0 Å². The molecule has 0 N–H and O–H groups in total. The summed E-state index contributed by atoms with van der Waals surface area (Å²) in [5, 5.41) is 0. The van der Waals surface area contributed by atoms with Crippen molar-refractivity contribution in [2.75, 3.05) is 0 Å². The molecule has 0 aromatic heterocycles. The summed E-state index contributed by atoms with van der Waals surface area (Å²) in [5.74, 6) is 0. The number of hydrogen-bond acceptors (Lipinski definition) is 0. The topological polar surface area (TPSA) is 0 Å². The highest BCUT2D eigenvalue weighted by Crippen LogP contribution is 2.22. The first-order valence-electron chi connectivity index (χ1n) is 3.60. The van der Waals surface area contributed by atoms with E-state index in [-0.39, 0.29) is 0 Å². The minimum atomic E-state index is 1.04. The molecule has 0 atom stereocenters. The second kappa shape index (κ2) is 3.90. The average molecular weight is 258 g/mol. The van der Waals surface area contributed by atoms with Gasteiger partial charge < -0.3 is 0 Å². The maximum atomic E-state index is 3.77. The molecule has 0 nitrogen and oxygen atoms in total. The lowest BCUT2D eigenvalue weighted by molar-refractivity contribution is 1.32. The van der Waals surface area contributed by atoms with Crippen molar-refractivity contribution >= 4 is 22.6 Å². The van der Waals surface area contributed by atoms with Crippen LogP contribution in [0.3, 0.4) is 0 Å². The van der Waals surface area contributed by atoms with E-state index in [4.69, 9.17) is 0 Å². The zero-order valence-electron chi connectivity index (χ0n) is 6.60. The third-order valence-corrected chi connectivity index (χ3v) is 1.92. The van der Waals surface area contributed by atoms with Gasteiger partial charge in [-0.05, 0) is 56.7 Å². The number of rotatable bonds is 2. The van der Waals surface area contributed by atoms with E-state index in [2.05, 4.69) is 54.3 Å². The molecule has 0 aromatic rings. The molecule has 1 rings (SSSR count). The average Bonchev–Trinajstić information content (AvgIpc) is 2.34. The van der Waals surface area contributed by atoms with Gasteiger partial charge in [0.2, 0.25) is 0 Å². The smallest absolute Gasteiger partial charge is 0.00884 e. The third-order valence-electron chi connectivity index (χ3n) is 1.61. The predicted octanol–water partition coefficient (Wildman–Crippen LogP) is 3.77. The van der Waals surface area contributed by atoms with E-state index >= 15 is 0 Å². The van der Waals surface area contributed by atoms with Gasteiger partial charge in [0.25, 0.3) is 0 Å². The van der Waals surface area contributed by atoms with Gasteiger partial charge in [0.1, 0.15) is 0 Å². The molecule has 1 aliphatic rings. The lowest BCUT2D eigenvalue weighted by atomic mass is 10.1. The second-order valence-corrected chi connectivity index (χ2v) is 4.22. The molecule has 0 saturated carbocycles. The van der Waals surface area contributed by atoms with Crippen molar-refractivity contribution in [1.82, 2.24) is 0 Å². The molecule has 0 fully saturated rings. The summed E-state index contributed by atoms with van der Waals surface area (Å²) in [5.41, 5.74) is 2.65. The maximum absolute atomic E-state index is 3.77. The molecule has 0 unspecified atom stereocenters. The standard InChI is InChI=1S/C10H11I/c1-3-9-5-4-6-10(9)7-8(2)11/h3-4,6-7H,1,5H2,2H3/b8-7+. The van der Waals surface area contributed by atoms with E-state index in [1.165, 1.54) is 14.7 Å². The molecule has 0 saturated heterocycles. The van der Waals surface area contributed by atoms with Crippen LogP contribution >= 0.6 is 22.6 Å².